The first-order valence-electron chi connectivity index (χ1n) is 7.20. The molecule has 1 fully saturated rings. The summed E-state index contributed by atoms with van der Waals surface area (Å²) in [5, 5.41) is 10.7. The highest BCUT2D eigenvalue weighted by atomic mass is 16.3. The number of nitrogens with two attached hydrogens (primary N) is 1. The minimum Gasteiger partial charge on any atom is -0.397 e. The van der Waals surface area contributed by atoms with Crippen molar-refractivity contribution < 1.29 is 5.11 Å². The van der Waals surface area contributed by atoms with Crippen molar-refractivity contribution in [2.75, 3.05) is 23.7 Å². The molecule has 0 saturated carbocycles. The number of nitrogens with one attached hydrogen (secondary N) is 1. The predicted octanol–water partition coefficient (Wildman–Crippen LogP) is 1.25. The van der Waals surface area contributed by atoms with E-state index < -0.39 is 5.60 Å². The molecule has 2 aromatic rings. The summed E-state index contributed by atoms with van der Waals surface area (Å²) in [4.78, 5) is 20.7. The van der Waals surface area contributed by atoms with Crippen LogP contribution >= 0.6 is 0 Å². The Labute approximate surface area is 122 Å². The first kappa shape index (κ1) is 13.9. The van der Waals surface area contributed by atoms with Gasteiger partial charge in [-0.15, -0.1) is 0 Å². The number of fused-ring (bicyclic) bond motifs is 1. The number of rotatable bonds is 1. The van der Waals surface area contributed by atoms with Crippen LogP contribution in [-0.4, -0.2) is 33.8 Å². The third-order valence-electron chi connectivity index (χ3n) is 4.19. The standard InChI is InChI=1S/C15H20N4O2/c1-15(21)3-2-5-19(6-4-15)13-8-12-10(7-11(13)16)14(20)18-9-17-12/h7-9,21H,2-6,16H2,1H3,(H,17,18,20). The zero-order valence-corrected chi connectivity index (χ0v) is 12.1. The monoisotopic (exact) mass is 288 g/mol. The molecule has 1 aromatic carbocycles. The number of nitrogens with zero attached hydrogens (tertiary/aromatic N) is 2. The van der Waals surface area contributed by atoms with Gasteiger partial charge in [-0.05, 0) is 38.3 Å². The molecule has 1 aliphatic heterocycles. The molecular formula is C15H20N4O2. The van der Waals surface area contributed by atoms with Crippen LogP contribution in [0, 0.1) is 0 Å². The Morgan fingerprint density at radius 2 is 2.19 bits per heavy atom. The van der Waals surface area contributed by atoms with E-state index in [4.69, 9.17) is 5.73 Å². The van der Waals surface area contributed by atoms with Gasteiger partial charge in [0, 0.05) is 13.1 Å². The van der Waals surface area contributed by atoms with Crippen LogP contribution in [0.4, 0.5) is 11.4 Å². The van der Waals surface area contributed by atoms with Crippen molar-refractivity contribution in [1.29, 1.82) is 0 Å². The third-order valence-corrected chi connectivity index (χ3v) is 4.19. The number of aromatic amines is 1. The minimum atomic E-state index is -0.615. The predicted molar refractivity (Wildman–Crippen MR) is 83.5 cm³/mol. The lowest BCUT2D eigenvalue weighted by molar-refractivity contribution is 0.0481. The number of benzene rings is 1. The molecule has 1 saturated heterocycles. The maximum atomic E-state index is 11.8. The van der Waals surface area contributed by atoms with Gasteiger partial charge in [0.25, 0.3) is 5.56 Å². The largest absolute Gasteiger partial charge is 0.397 e. The summed E-state index contributed by atoms with van der Waals surface area (Å²) in [5.41, 5.74) is 7.42. The van der Waals surface area contributed by atoms with Crippen LogP contribution in [-0.2, 0) is 0 Å². The lowest BCUT2D eigenvalue weighted by Gasteiger charge is -2.25. The minimum absolute atomic E-state index is 0.183. The van der Waals surface area contributed by atoms with Crippen LogP contribution in [0.5, 0.6) is 0 Å². The average Bonchev–Trinajstić information content (AvgIpc) is 2.60. The Bertz CT molecular complexity index is 723. The molecular weight excluding hydrogens is 268 g/mol. The van der Waals surface area contributed by atoms with Gasteiger partial charge in [-0.25, -0.2) is 4.98 Å². The van der Waals surface area contributed by atoms with Gasteiger partial charge in [0.1, 0.15) is 0 Å². The summed E-state index contributed by atoms with van der Waals surface area (Å²) in [5.74, 6) is 0. The van der Waals surface area contributed by atoms with Crippen molar-refractivity contribution in [2.45, 2.75) is 31.8 Å². The highest BCUT2D eigenvalue weighted by molar-refractivity contribution is 5.88. The molecule has 6 nitrogen and oxygen atoms in total. The number of aromatic nitrogens is 2. The summed E-state index contributed by atoms with van der Waals surface area (Å²) >= 11 is 0. The van der Waals surface area contributed by atoms with E-state index in [0.29, 0.717) is 23.0 Å². The fraction of sp³-hybridized carbons (Fsp3) is 0.467. The summed E-state index contributed by atoms with van der Waals surface area (Å²) in [6.45, 7) is 3.46. The van der Waals surface area contributed by atoms with Crippen LogP contribution in [0.1, 0.15) is 26.2 Å². The molecule has 1 aromatic heterocycles. The molecule has 2 heterocycles. The second-order valence-corrected chi connectivity index (χ2v) is 6.00. The summed E-state index contributed by atoms with van der Waals surface area (Å²) in [7, 11) is 0. The molecule has 1 aliphatic rings. The number of anilines is 2. The zero-order valence-electron chi connectivity index (χ0n) is 12.1. The van der Waals surface area contributed by atoms with E-state index >= 15 is 0 Å². The molecule has 1 atom stereocenters. The van der Waals surface area contributed by atoms with Crippen LogP contribution in [0.25, 0.3) is 10.9 Å². The number of hydrogen-bond donors (Lipinski definition) is 3. The number of nitrogen functional groups attached to an aromatic ring is 1. The van der Waals surface area contributed by atoms with Crippen molar-refractivity contribution in [2.24, 2.45) is 0 Å². The first-order chi connectivity index (χ1) is 9.96. The third kappa shape index (κ3) is 2.71. The summed E-state index contributed by atoms with van der Waals surface area (Å²) < 4.78 is 0. The maximum absolute atomic E-state index is 11.8. The Balaban J connectivity index is 2.00. The number of H-pyrrole nitrogens is 1. The van der Waals surface area contributed by atoms with Gasteiger partial charge in [-0.2, -0.15) is 0 Å². The summed E-state index contributed by atoms with van der Waals surface area (Å²) in [6, 6.07) is 3.54. The van der Waals surface area contributed by atoms with E-state index in [1.54, 1.807) is 6.07 Å². The molecule has 0 aliphatic carbocycles. The SMILES string of the molecule is CC1(O)CCCN(c2cc3nc[nH]c(=O)c3cc2N)CC1. The van der Waals surface area contributed by atoms with E-state index in [-0.39, 0.29) is 5.56 Å². The summed E-state index contributed by atoms with van der Waals surface area (Å²) in [6.07, 6.45) is 3.80. The quantitative estimate of drug-likeness (QED) is 0.686. The molecule has 0 amide bonds. The van der Waals surface area contributed by atoms with Crippen LogP contribution < -0.4 is 16.2 Å². The van der Waals surface area contributed by atoms with Crippen molar-refractivity contribution >= 4 is 22.3 Å². The zero-order chi connectivity index (χ0) is 15.0. The van der Waals surface area contributed by atoms with Gasteiger partial charge in [0.05, 0.1) is 34.2 Å². The maximum Gasteiger partial charge on any atom is 0.258 e. The van der Waals surface area contributed by atoms with E-state index in [1.807, 2.05) is 13.0 Å². The lowest BCUT2D eigenvalue weighted by atomic mass is 9.98. The molecule has 0 bridgehead atoms. The van der Waals surface area contributed by atoms with Crippen LogP contribution in [0.15, 0.2) is 23.3 Å². The van der Waals surface area contributed by atoms with E-state index in [1.165, 1.54) is 6.33 Å². The molecule has 4 N–H and O–H groups in total. The average molecular weight is 288 g/mol. The Hall–Kier alpha value is -2.08. The fourth-order valence-corrected chi connectivity index (χ4v) is 2.90. The normalized spacial score (nSPS) is 23.2. The molecule has 0 spiro atoms. The topological polar surface area (TPSA) is 95.2 Å². The van der Waals surface area contributed by atoms with Crippen molar-refractivity contribution in [1.82, 2.24) is 9.97 Å². The molecule has 0 radical (unpaired) electrons. The fourth-order valence-electron chi connectivity index (χ4n) is 2.90. The van der Waals surface area contributed by atoms with E-state index in [0.717, 1.165) is 31.6 Å². The molecule has 6 heteroatoms. The molecule has 21 heavy (non-hydrogen) atoms. The Morgan fingerprint density at radius 3 is 3.00 bits per heavy atom. The molecule has 1 unspecified atom stereocenters. The van der Waals surface area contributed by atoms with Gasteiger partial charge in [-0.3, -0.25) is 4.79 Å². The second kappa shape index (κ2) is 5.04. The van der Waals surface area contributed by atoms with Crippen molar-refractivity contribution in [3.63, 3.8) is 0 Å². The van der Waals surface area contributed by atoms with Crippen molar-refractivity contribution in [3.8, 4) is 0 Å². The van der Waals surface area contributed by atoms with Crippen molar-refractivity contribution in [3.05, 3.63) is 28.8 Å². The van der Waals surface area contributed by atoms with Gasteiger partial charge < -0.3 is 20.7 Å². The van der Waals surface area contributed by atoms with Gasteiger partial charge in [-0.1, -0.05) is 0 Å². The van der Waals surface area contributed by atoms with Crippen LogP contribution in [0.2, 0.25) is 0 Å². The van der Waals surface area contributed by atoms with Gasteiger partial charge in [0.15, 0.2) is 0 Å². The second-order valence-electron chi connectivity index (χ2n) is 6.00. The van der Waals surface area contributed by atoms with E-state index in [2.05, 4.69) is 14.9 Å². The number of aliphatic hydroxyl groups is 1. The van der Waals surface area contributed by atoms with Gasteiger partial charge in [0.2, 0.25) is 0 Å². The highest BCUT2D eigenvalue weighted by Crippen LogP contribution is 2.30. The smallest absolute Gasteiger partial charge is 0.258 e. The molecule has 3 rings (SSSR count). The molecule has 112 valence electrons. The highest BCUT2D eigenvalue weighted by Gasteiger charge is 2.25. The Kier molecular flexibility index (Phi) is 3.33. The number of hydrogen-bond acceptors (Lipinski definition) is 5. The van der Waals surface area contributed by atoms with Crippen LogP contribution in [0.3, 0.4) is 0 Å². The van der Waals surface area contributed by atoms with Gasteiger partial charge >= 0.3 is 0 Å². The lowest BCUT2D eigenvalue weighted by Crippen LogP contribution is -2.28. The van der Waals surface area contributed by atoms with E-state index in [9.17, 15) is 9.90 Å². The Morgan fingerprint density at radius 1 is 1.38 bits per heavy atom. The first-order valence-corrected chi connectivity index (χ1v) is 7.20.